The Morgan fingerprint density at radius 2 is 1.59 bits per heavy atom. The molecule has 1 aromatic rings. The van der Waals surface area contributed by atoms with Gasteiger partial charge in [0.1, 0.15) is 0 Å². The van der Waals surface area contributed by atoms with E-state index in [2.05, 4.69) is 4.90 Å². The Kier molecular flexibility index (Phi) is 4.20. The van der Waals surface area contributed by atoms with Gasteiger partial charge in [-0.15, -0.1) is 0 Å². The summed E-state index contributed by atoms with van der Waals surface area (Å²) < 4.78 is 26.8. The second-order valence-electron chi connectivity index (χ2n) is 5.85. The van der Waals surface area contributed by atoms with Crippen LogP contribution < -0.4 is 4.90 Å². The fourth-order valence-electron chi connectivity index (χ4n) is 2.90. The molecule has 0 spiro atoms. The Hall–Kier alpha value is -1.44. The number of carbonyl (C=O) groups excluding carboxylic acids is 1. The van der Waals surface area contributed by atoms with Crippen LogP contribution in [0.25, 0.3) is 0 Å². The quantitative estimate of drug-likeness (QED) is 0.823. The van der Waals surface area contributed by atoms with Crippen LogP contribution in [0.2, 0.25) is 0 Å². The molecule has 0 unspecified atom stereocenters. The number of amides is 1. The lowest BCUT2D eigenvalue weighted by Crippen LogP contribution is -2.47. The van der Waals surface area contributed by atoms with E-state index in [1.54, 1.807) is 29.2 Å². The molecule has 1 amide bonds. The molecule has 1 aromatic carbocycles. The molecule has 3 rings (SSSR count). The van der Waals surface area contributed by atoms with E-state index in [1.165, 1.54) is 4.31 Å². The molecule has 2 aliphatic heterocycles. The number of benzene rings is 1. The van der Waals surface area contributed by atoms with Crippen molar-refractivity contribution in [3.63, 3.8) is 0 Å². The lowest BCUT2D eigenvalue weighted by molar-refractivity contribution is -0.117. The highest BCUT2D eigenvalue weighted by Gasteiger charge is 2.28. The number of anilines is 1. The molecular formula is C15H21N3O3S. The van der Waals surface area contributed by atoms with Crippen LogP contribution in [0.5, 0.6) is 0 Å². The van der Waals surface area contributed by atoms with Crippen molar-refractivity contribution in [1.29, 1.82) is 0 Å². The van der Waals surface area contributed by atoms with E-state index in [0.29, 0.717) is 31.0 Å². The van der Waals surface area contributed by atoms with Crippen molar-refractivity contribution in [3.05, 3.63) is 24.3 Å². The van der Waals surface area contributed by atoms with Crippen molar-refractivity contribution >= 4 is 21.6 Å². The minimum absolute atomic E-state index is 0.106. The number of nitrogens with zero attached hydrogens (tertiary/aromatic N) is 3. The highest BCUT2D eigenvalue weighted by molar-refractivity contribution is 7.89. The largest absolute Gasteiger partial charge is 0.312 e. The highest BCUT2D eigenvalue weighted by atomic mass is 32.2. The predicted octanol–water partition coefficient (Wildman–Crippen LogP) is 0.749. The van der Waals surface area contributed by atoms with Gasteiger partial charge in [-0.05, 0) is 37.7 Å². The summed E-state index contributed by atoms with van der Waals surface area (Å²) in [5.74, 6) is 0.106. The number of piperazine rings is 1. The summed E-state index contributed by atoms with van der Waals surface area (Å²) in [4.78, 5) is 15.9. The first-order chi connectivity index (χ1) is 10.5. The van der Waals surface area contributed by atoms with Gasteiger partial charge in [0, 0.05) is 44.8 Å². The predicted molar refractivity (Wildman–Crippen MR) is 84.3 cm³/mol. The van der Waals surface area contributed by atoms with Crippen molar-refractivity contribution < 1.29 is 13.2 Å². The van der Waals surface area contributed by atoms with Crippen LogP contribution in [-0.4, -0.2) is 63.3 Å². The van der Waals surface area contributed by atoms with Gasteiger partial charge in [-0.3, -0.25) is 4.79 Å². The SMILES string of the molecule is CN1CCN(S(=O)(=O)c2ccc(N3CCCC3=O)cc2)CC1. The zero-order valence-electron chi connectivity index (χ0n) is 12.7. The first kappa shape index (κ1) is 15.5. The van der Waals surface area contributed by atoms with Gasteiger partial charge in [-0.1, -0.05) is 0 Å². The standard InChI is InChI=1S/C15H21N3O3S/c1-16-9-11-17(12-10-16)22(20,21)14-6-4-13(5-7-14)18-8-2-3-15(18)19/h4-7H,2-3,8-12H2,1H3. The first-order valence-electron chi connectivity index (χ1n) is 7.57. The summed E-state index contributed by atoms with van der Waals surface area (Å²) in [6.07, 6.45) is 1.43. The molecule has 0 N–H and O–H groups in total. The maximum absolute atomic E-state index is 12.6. The van der Waals surface area contributed by atoms with Crippen LogP contribution in [0, 0.1) is 0 Å². The van der Waals surface area contributed by atoms with Crippen molar-refractivity contribution in [1.82, 2.24) is 9.21 Å². The van der Waals surface area contributed by atoms with Gasteiger partial charge < -0.3 is 9.80 Å². The molecule has 2 fully saturated rings. The molecule has 2 saturated heterocycles. The third-order valence-corrected chi connectivity index (χ3v) is 6.23. The zero-order chi connectivity index (χ0) is 15.7. The third kappa shape index (κ3) is 2.88. The van der Waals surface area contributed by atoms with E-state index in [0.717, 1.165) is 25.2 Å². The Morgan fingerprint density at radius 3 is 2.14 bits per heavy atom. The number of likely N-dealkylation sites (N-methyl/N-ethyl adjacent to an activating group) is 1. The minimum Gasteiger partial charge on any atom is -0.312 e. The second-order valence-corrected chi connectivity index (χ2v) is 7.79. The summed E-state index contributed by atoms with van der Waals surface area (Å²) in [6.45, 7) is 3.25. The van der Waals surface area contributed by atoms with Crippen molar-refractivity contribution in [2.75, 3.05) is 44.7 Å². The summed E-state index contributed by atoms with van der Waals surface area (Å²) in [7, 11) is -1.44. The summed E-state index contributed by atoms with van der Waals surface area (Å²) in [6, 6.07) is 6.67. The Morgan fingerprint density at radius 1 is 0.955 bits per heavy atom. The zero-order valence-corrected chi connectivity index (χ0v) is 13.6. The van der Waals surface area contributed by atoms with E-state index >= 15 is 0 Å². The van der Waals surface area contributed by atoms with E-state index in [9.17, 15) is 13.2 Å². The average molecular weight is 323 g/mol. The molecular weight excluding hydrogens is 302 g/mol. The molecule has 7 heteroatoms. The van der Waals surface area contributed by atoms with Crippen LogP contribution >= 0.6 is 0 Å². The molecule has 0 atom stereocenters. The van der Waals surface area contributed by atoms with Crippen molar-refractivity contribution in [2.45, 2.75) is 17.7 Å². The Bertz CT molecular complexity index is 649. The third-order valence-electron chi connectivity index (χ3n) is 4.32. The minimum atomic E-state index is -3.44. The van der Waals surface area contributed by atoms with E-state index in [1.807, 2.05) is 7.05 Å². The molecule has 6 nitrogen and oxygen atoms in total. The highest BCUT2D eigenvalue weighted by Crippen LogP contribution is 2.24. The molecule has 2 heterocycles. The lowest BCUT2D eigenvalue weighted by atomic mass is 10.3. The average Bonchev–Trinajstić information content (AvgIpc) is 2.94. The number of hydrogen-bond acceptors (Lipinski definition) is 4. The van der Waals surface area contributed by atoms with Crippen LogP contribution in [0.4, 0.5) is 5.69 Å². The van der Waals surface area contributed by atoms with E-state index < -0.39 is 10.0 Å². The maximum atomic E-state index is 12.6. The molecule has 0 aliphatic carbocycles. The maximum Gasteiger partial charge on any atom is 0.243 e. The molecule has 2 aliphatic rings. The smallest absolute Gasteiger partial charge is 0.243 e. The number of carbonyl (C=O) groups is 1. The normalized spacial score (nSPS) is 21.5. The molecule has 0 aromatic heterocycles. The van der Waals surface area contributed by atoms with Crippen molar-refractivity contribution in [2.24, 2.45) is 0 Å². The first-order valence-corrected chi connectivity index (χ1v) is 9.01. The summed E-state index contributed by atoms with van der Waals surface area (Å²) in [5, 5.41) is 0. The monoisotopic (exact) mass is 323 g/mol. The van der Waals surface area contributed by atoms with Gasteiger partial charge in [0.15, 0.2) is 0 Å². The Balaban J connectivity index is 1.78. The van der Waals surface area contributed by atoms with Crippen LogP contribution in [0.15, 0.2) is 29.2 Å². The van der Waals surface area contributed by atoms with Crippen LogP contribution in [0.1, 0.15) is 12.8 Å². The fourth-order valence-corrected chi connectivity index (χ4v) is 4.32. The van der Waals surface area contributed by atoms with Crippen LogP contribution in [-0.2, 0) is 14.8 Å². The number of sulfonamides is 1. The van der Waals surface area contributed by atoms with Gasteiger partial charge >= 0.3 is 0 Å². The number of rotatable bonds is 3. The molecule has 22 heavy (non-hydrogen) atoms. The summed E-state index contributed by atoms with van der Waals surface area (Å²) >= 11 is 0. The van der Waals surface area contributed by atoms with E-state index in [4.69, 9.17) is 0 Å². The van der Waals surface area contributed by atoms with Gasteiger partial charge in [0.2, 0.25) is 15.9 Å². The molecule has 0 radical (unpaired) electrons. The van der Waals surface area contributed by atoms with Gasteiger partial charge in [-0.25, -0.2) is 8.42 Å². The number of hydrogen-bond donors (Lipinski definition) is 0. The Labute approximate surface area is 131 Å². The van der Waals surface area contributed by atoms with Gasteiger partial charge in [0.05, 0.1) is 4.90 Å². The summed E-state index contributed by atoms with van der Waals surface area (Å²) in [5.41, 5.74) is 0.778. The molecule has 0 saturated carbocycles. The van der Waals surface area contributed by atoms with Crippen molar-refractivity contribution in [3.8, 4) is 0 Å². The molecule has 0 bridgehead atoms. The van der Waals surface area contributed by atoms with Gasteiger partial charge in [0.25, 0.3) is 0 Å². The van der Waals surface area contributed by atoms with Gasteiger partial charge in [-0.2, -0.15) is 4.31 Å². The van der Waals surface area contributed by atoms with Crippen LogP contribution in [0.3, 0.4) is 0 Å². The second kappa shape index (κ2) is 5.98. The lowest BCUT2D eigenvalue weighted by Gasteiger charge is -2.31. The fraction of sp³-hybridized carbons (Fsp3) is 0.533. The van der Waals surface area contributed by atoms with E-state index in [-0.39, 0.29) is 5.91 Å². The molecule has 120 valence electrons. The topological polar surface area (TPSA) is 60.9 Å².